The van der Waals surface area contributed by atoms with E-state index in [1.807, 2.05) is 0 Å². The first kappa shape index (κ1) is 18.7. The second-order valence-electron chi connectivity index (χ2n) is 5.20. The molecule has 0 amide bonds. The highest BCUT2D eigenvalue weighted by Gasteiger charge is 2.31. The van der Waals surface area contributed by atoms with Gasteiger partial charge in [0.25, 0.3) is 0 Å². The van der Waals surface area contributed by atoms with Crippen molar-refractivity contribution in [2.75, 3.05) is 5.73 Å². The Hall–Kier alpha value is -1.35. The summed E-state index contributed by atoms with van der Waals surface area (Å²) < 4.78 is 15.8. The van der Waals surface area contributed by atoms with Crippen molar-refractivity contribution in [1.29, 1.82) is 0 Å². The summed E-state index contributed by atoms with van der Waals surface area (Å²) in [5.74, 6) is 0.273. The fraction of sp³-hybridized carbons (Fsp3) is 0.500. The minimum Gasteiger partial charge on any atom is -0.510 e. The van der Waals surface area contributed by atoms with Gasteiger partial charge in [-0.3, -0.25) is 0 Å². The highest BCUT2D eigenvalue weighted by molar-refractivity contribution is 6.35. The molecule has 6 nitrogen and oxygen atoms in total. The van der Waals surface area contributed by atoms with Crippen LogP contribution < -0.4 is 10.4 Å². The number of benzene rings is 1. The Morgan fingerprint density at radius 2 is 1.45 bits per heavy atom. The van der Waals surface area contributed by atoms with Gasteiger partial charge in [0.2, 0.25) is 0 Å². The topological polar surface area (TPSA) is 105 Å². The Bertz CT molecular complexity index is 376. The summed E-state index contributed by atoms with van der Waals surface area (Å²) in [6.45, 7) is 6.31. The average Bonchev–Trinajstić information content (AvgIpc) is 2.30. The maximum atomic E-state index is 11.3. The Labute approximate surface area is 118 Å². The molecule has 20 heavy (non-hydrogen) atoms. The maximum Gasteiger partial charge on any atom is 0.743 e. The van der Waals surface area contributed by atoms with Gasteiger partial charge < -0.3 is 25.6 Å². The lowest BCUT2D eigenvalue weighted by Gasteiger charge is -2.31. The van der Waals surface area contributed by atoms with Crippen molar-refractivity contribution in [1.82, 2.24) is 0 Å². The number of rotatable bonds is 4. The lowest BCUT2D eigenvalue weighted by molar-refractivity contribution is -0.107. The van der Waals surface area contributed by atoms with E-state index in [2.05, 4.69) is 9.51 Å². The van der Waals surface area contributed by atoms with E-state index in [9.17, 15) is 4.53 Å². The Kier molecular flexibility index (Phi) is 6.94. The molecule has 0 fully saturated rings. The second-order valence-corrected chi connectivity index (χ2v) is 5.20. The summed E-state index contributed by atoms with van der Waals surface area (Å²) in [6, 6.07) is 6.08. The van der Waals surface area contributed by atoms with Gasteiger partial charge in [0.1, 0.15) is 5.75 Å². The predicted octanol–water partition coefficient (Wildman–Crippen LogP) is 1.05. The summed E-state index contributed by atoms with van der Waals surface area (Å²) in [5, 5.41) is 26.7. The van der Waals surface area contributed by atoms with Crippen LogP contribution >= 0.6 is 0 Å². The third-order valence-corrected chi connectivity index (χ3v) is 2.69. The van der Waals surface area contributed by atoms with Gasteiger partial charge in [-0.15, -0.1) is 0 Å². The number of hydrogen-bond acceptors (Lipinski definition) is 6. The molecule has 1 rings (SSSR count). The van der Waals surface area contributed by atoms with Crippen LogP contribution in [0, 0.1) is 0 Å². The van der Waals surface area contributed by atoms with Crippen LogP contribution in [0.25, 0.3) is 0 Å². The zero-order valence-electron chi connectivity index (χ0n) is 12.0. The van der Waals surface area contributed by atoms with Gasteiger partial charge >= 0.3 is 7.32 Å². The summed E-state index contributed by atoms with van der Waals surface area (Å²) in [4.78, 5) is 2.99. The molecular formula is C12H21BFNO5. The standard InChI is InChI=1S/C6H7BFNO3.C6H14O2/c8-12-7(10)11-6-3-1-5(9)2-4-6;1-5(2,7)6(3,4)8/h1-4,10H,9H2;7-8H,1-4H3. The fourth-order valence-corrected chi connectivity index (χ4v) is 0.681. The third kappa shape index (κ3) is 7.29. The molecule has 0 aliphatic heterocycles. The molecule has 0 aliphatic carbocycles. The third-order valence-electron chi connectivity index (χ3n) is 2.69. The van der Waals surface area contributed by atoms with E-state index in [0.717, 1.165) is 0 Å². The van der Waals surface area contributed by atoms with E-state index in [4.69, 9.17) is 21.0 Å². The van der Waals surface area contributed by atoms with E-state index in [1.54, 1.807) is 39.8 Å². The molecule has 0 saturated carbocycles. The van der Waals surface area contributed by atoms with Gasteiger partial charge in [-0.2, -0.15) is 4.86 Å². The summed E-state index contributed by atoms with van der Waals surface area (Å²) in [5.41, 5.74) is 3.91. The van der Waals surface area contributed by atoms with E-state index in [-0.39, 0.29) is 5.75 Å². The molecule has 5 N–H and O–H groups in total. The van der Waals surface area contributed by atoms with Crippen LogP contribution in [0.5, 0.6) is 5.75 Å². The molecule has 0 atom stereocenters. The van der Waals surface area contributed by atoms with Crippen molar-refractivity contribution in [3.8, 4) is 5.75 Å². The zero-order valence-corrected chi connectivity index (χ0v) is 12.0. The number of halogens is 1. The number of nitrogens with two attached hydrogens (primary N) is 1. The van der Waals surface area contributed by atoms with Crippen LogP contribution in [0.3, 0.4) is 0 Å². The summed E-state index contributed by atoms with van der Waals surface area (Å²) in [6.07, 6.45) is 0. The SMILES string of the molecule is CC(C)(O)C(C)(C)O.Nc1ccc(OB(O)OF)cc1. The Balaban J connectivity index is 0.000000396. The average molecular weight is 289 g/mol. The molecule has 0 radical (unpaired) electrons. The van der Waals surface area contributed by atoms with Crippen molar-refractivity contribution >= 4 is 13.0 Å². The highest BCUT2D eigenvalue weighted by atomic mass is 19.3. The van der Waals surface area contributed by atoms with E-state index < -0.39 is 18.5 Å². The van der Waals surface area contributed by atoms with Gasteiger partial charge in [0.05, 0.1) is 11.2 Å². The molecule has 1 aromatic carbocycles. The number of nitrogen functional groups attached to an aromatic ring is 1. The Morgan fingerprint density at radius 3 is 1.75 bits per heavy atom. The first-order valence-corrected chi connectivity index (χ1v) is 5.90. The van der Waals surface area contributed by atoms with Crippen LogP contribution in [-0.2, 0) is 4.86 Å². The molecule has 0 unspecified atom stereocenters. The molecular weight excluding hydrogens is 268 g/mol. The van der Waals surface area contributed by atoms with Crippen molar-refractivity contribution < 1.29 is 29.3 Å². The molecule has 0 aliphatic rings. The second kappa shape index (κ2) is 7.44. The molecule has 0 saturated heterocycles. The predicted molar refractivity (Wildman–Crippen MR) is 74.2 cm³/mol. The lowest BCUT2D eigenvalue weighted by Crippen LogP contribution is -2.44. The van der Waals surface area contributed by atoms with Crippen molar-refractivity contribution in [3.63, 3.8) is 0 Å². The number of aliphatic hydroxyl groups is 2. The van der Waals surface area contributed by atoms with Crippen molar-refractivity contribution in [2.45, 2.75) is 38.9 Å². The molecule has 114 valence electrons. The molecule has 0 bridgehead atoms. The van der Waals surface area contributed by atoms with Crippen LogP contribution in [0.4, 0.5) is 10.2 Å². The maximum absolute atomic E-state index is 11.3. The number of hydrogen-bond donors (Lipinski definition) is 4. The first-order chi connectivity index (χ1) is 8.97. The minimum absolute atomic E-state index is 0.273. The van der Waals surface area contributed by atoms with Gasteiger partial charge in [0.15, 0.2) is 0 Å². The monoisotopic (exact) mass is 289 g/mol. The van der Waals surface area contributed by atoms with Gasteiger partial charge in [0, 0.05) is 5.69 Å². The van der Waals surface area contributed by atoms with E-state index >= 15 is 0 Å². The van der Waals surface area contributed by atoms with Gasteiger partial charge in [-0.25, -0.2) is 0 Å². The fourth-order valence-electron chi connectivity index (χ4n) is 0.681. The summed E-state index contributed by atoms with van der Waals surface area (Å²) >= 11 is 0. The highest BCUT2D eigenvalue weighted by Crippen LogP contribution is 2.19. The quantitative estimate of drug-likeness (QED) is 0.488. The van der Waals surface area contributed by atoms with Crippen LogP contribution in [0.15, 0.2) is 24.3 Å². The van der Waals surface area contributed by atoms with E-state index in [1.165, 1.54) is 12.1 Å². The van der Waals surface area contributed by atoms with Crippen molar-refractivity contribution in [2.24, 2.45) is 0 Å². The van der Waals surface area contributed by atoms with Crippen LogP contribution in [0.1, 0.15) is 27.7 Å². The molecule has 0 aromatic heterocycles. The molecule has 0 heterocycles. The van der Waals surface area contributed by atoms with Crippen molar-refractivity contribution in [3.05, 3.63) is 24.3 Å². The van der Waals surface area contributed by atoms with E-state index in [0.29, 0.717) is 5.69 Å². The van der Waals surface area contributed by atoms with Gasteiger partial charge in [-0.1, -0.05) is 4.53 Å². The molecule has 8 heteroatoms. The van der Waals surface area contributed by atoms with Crippen LogP contribution in [0.2, 0.25) is 0 Å². The molecule has 0 spiro atoms. The minimum atomic E-state index is -1.89. The summed E-state index contributed by atoms with van der Waals surface area (Å²) in [7, 11) is -1.89. The largest absolute Gasteiger partial charge is 0.743 e. The van der Waals surface area contributed by atoms with Gasteiger partial charge in [-0.05, 0) is 52.0 Å². The number of anilines is 1. The first-order valence-electron chi connectivity index (χ1n) is 5.90. The molecule has 1 aromatic rings. The smallest absolute Gasteiger partial charge is 0.510 e. The zero-order chi connectivity index (χ0) is 16.0. The lowest BCUT2D eigenvalue weighted by atomic mass is 9.90. The Morgan fingerprint density at radius 1 is 1.05 bits per heavy atom. The normalized spacial score (nSPS) is 11.4. The van der Waals surface area contributed by atoms with Crippen LogP contribution in [-0.4, -0.2) is 33.8 Å².